The van der Waals surface area contributed by atoms with E-state index in [1.54, 1.807) is 80.4 Å². The van der Waals surface area contributed by atoms with Crippen molar-refractivity contribution in [2.45, 2.75) is 46.7 Å². The number of nitrogens with zero attached hydrogens (tertiary/aromatic N) is 4. The minimum atomic E-state index is -2.85. The van der Waals surface area contributed by atoms with Crippen molar-refractivity contribution in [2.24, 2.45) is 0 Å². The Labute approximate surface area is 468 Å². The summed E-state index contributed by atoms with van der Waals surface area (Å²) in [6, 6.07) is 40.5. The number of aryl methyl sites for hydroxylation is 3. The van der Waals surface area contributed by atoms with Gasteiger partial charge >= 0.3 is 0 Å². The molecule has 12 aromatic rings. The third kappa shape index (κ3) is 8.68. The van der Waals surface area contributed by atoms with Gasteiger partial charge in [-0.25, -0.2) is 4.98 Å². The van der Waals surface area contributed by atoms with Crippen molar-refractivity contribution in [2.75, 3.05) is 0 Å². The van der Waals surface area contributed by atoms with Crippen LogP contribution in [-0.4, -0.2) is 14.1 Å². The van der Waals surface area contributed by atoms with E-state index in [1.165, 1.54) is 30.5 Å². The van der Waals surface area contributed by atoms with Crippen LogP contribution in [0, 0.1) is 39.0 Å². The van der Waals surface area contributed by atoms with Crippen LogP contribution in [0.1, 0.15) is 69.1 Å². The first-order valence-corrected chi connectivity index (χ1v) is 23.0. The molecule has 12 rings (SSSR count). The number of fused-ring (bicyclic) bond motifs is 4. The minimum absolute atomic E-state index is 0. The van der Waals surface area contributed by atoms with E-state index in [-0.39, 0.29) is 93.9 Å². The first-order valence-electron chi connectivity index (χ1n) is 32.5. The molecule has 3 aromatic heterocycles. The summed E-state index contributed by atoms with van der Waals surface area (Å²) in [6.07, 6.45) is 4.69. The molecule has 6 heteroatoms. The van der Waals surface area contributed by atoms with Crippen molar-refractivity contribution in [3.63, 3.8) is 0 Å². The van der Waals surface area contributed by atoms with Gasteiger partial charge in [-0.2, -0.15) is 18.2 Å². The monoisotopic (exact) mass is 1140 g/mol. The number of hydrogen-bond donors (Lipinski definition) is 0. The number of hydrogen-bond acceptors (Lipinski definition) is 2. The Kier molecular flexibility index (Phi) is 7.88. The van der Waals surface area contributed by atoms with Gasteiger partial charge in [0.1, 0.15) is 5.82 Å². The fourth-order valence-corrected chi connectivity index (χ4v) is 9.30. The van der Waals surface area contributed by atoms with Crippen LogP contribution in [0.5, 0.6) is 11.5 Å². The zero-order chi connectivity index (χ0) is 65.3. The summed E-state index contributed by atoms with van der Waals surface area (Å²) < 4.78 is 176. The van der Waals surface area contributed by atoms with Crippen molar-refractivity contribution < 1.29 is 56.4 Å². The molecular weight excluding hydrogens is 1070 g/mol. The van der Waals surface area contributed by atoms with Gasteiger partial charge in [-0.1, -0.05) is 178 Å². The van der Waals surface area contributed by atoms with Crippen molar-refractivity contribution in [1.82, 2.24) is 14.1 Å². The first kappa shape index (κ1) is 30.0. The molecule has 0 aliphatic carbocycles. The smallest absolute Gasteiger partial charge is 0.268 e. The minimum Gasteiger partial charge on any atom is -0.510 e. The number of para-hydroxylation sites is 2. The van der Waals surface area contributed by atoms with Gasteiger partial charge in [-0.05, 0) is 116 Å². The standard InChI is InChI=1S/C67H52N4O.Pt/c1-44-19-15-20-45(2)65(44)50-33-36-61-63(39-50)69(43-70(61)66-55(47-21-9-7-10-22-47)30-18-31-56(66)49-25-16-26-51(38-49)67(4,5)6)52-27-17-28-53(40-52)72-54-34-35-58-57-29-13-14-32-60(57)71(62(58)41-54)64-37-46(3)59(42-68-64)48-23-11-8-12-24-48;/h7-39,42H,1-6H3;/q-2;/i1D3,2D3,3D3,7D,8D,9D,10D,11D,12D,21D,22D,23D,24D;. The Morgan fingerprint density at radius 3 is 2.01 bits per heavy atom. The van der Waals surface area contributed by atoms with Crippen molar-refractivity contribution in [3.8, 4) is 73.2 Å². The van der Waals surface area contributed by atoms with E-state index in [9.17, 15) is 2.74 Å². The van der Waals surface area contributed by atoms with Crippen LogP contribution in [0.3, 0.4) is 0 Å². The molecule has 0 spiro atoms. The van der Waals surface area contributed by atoms with E-state index in [4.69, 9.17) is 28.0 Å². The van der Waals surface area contributed by atoms with Gasteiger partial charge < -0.3 is 13.9 Å². The molecule has 0 amide bonds. The molecular formula is C67H52N4OPt-2. The van der Waals surface area contributed by atoms with Crippen molar-refractivity contribution in [1.29, 1.82) is 0 Å². The molecule has 0 aliphatic rings. The van der Waals surface area contributed by atoms with E-state index in [2.05, 4.69) is 44.2 Å². The van der Waals surface area contributed by atoms with Crippen molar-refractivity contribution in [3.05, 3.63) is 247 Å². The summed E-state index contributed by atoms with van der Waals surface area (Å²) in [6.45, 7) is -2.14. The Morgan fingerprint density at radius 2 is 1.26 bits per heavy atom. The van der Waals surface area contributed by atoms with Crippen LogP contribution in [0.4, 0.5) is 0 Å². The zero-order valence-electron chi connectivity index (χ0n) is 58.4. The van der Waals surface area contributed by atoms with E-state index >= 15 is 0 Å². The fourth-order valence-electron chi connectivity index (χ4n) is 9.30. The van der Waals surface area contributed by atoms with Gasteiger partial charge in [0.15, 0.2) is 0 Å². The molecule has 0 saturated carbocycles. The molecule has 358 valence electrons. The predicted octanol–water partition coefficient (Wildman–Crippen LogP) is 16.5. The summed E-state index contributed by atoms with van der Waals surface area (Å²) in [7, 11) is 0. The molecule has 3 heterocycles. The third-order valence-electron chi connectivity index (χ3n) is 12.7. The maximum atomic E-state index is 9.27. The van der Waals surface area contributed by atoms with Crippen LogP contribution < -0.4 is 9.30 Å². The van der Waals surface area contributed by atoms with Crippen LogP contribution in [-0.2, 0) is 26.5 Å². The number of imidazole rings is 1. The normalized spacial score (nSPS) is 15.8. The molecule has 0 saturated heterocycles. The molecule has 0 atom stereocenters. The number of pyridine rings is 1. The second-order valence-corrected chi connectivity index (χ2v) is 18.3. The topological polar surface area (TPSA) is 35.9 Å². The molecule has 0 N–H and O–H groups in total. The molecule has 0 fully saturated rings. The maximum absolute atomic E-state index is 9.27. The number of ether oxygens (including phenoxy) is 1. The average Bonchev–Trinajstić information content (AvgIpc) is 1.46. The van der Waals surface area contributed by atoms with Gasteiger partial charge in [-0.15, -0.1) is 29.7 Å². The molecule has 9 aromatic carbocycles. The SMILES string of the molecule is [2H]c1c([2H])c([2H])c(-c2cnc(-n3c4[c-]c(Oc5[c-]c(-n6[c-][n+](-c7c(-c8cccc(C(C)(C)C)c8)cccc7-c7c([2H])c([2H])c([2H])c([2H])c7[2H])c7ccc(-c8c(C([2H])([2H])[2H])cccc8C([2H])([2H])[2H])cc76)ccc5)ccc4c4ccccc43)cc2C([2H])([2H])[2H])c([2H])c1[2H].[Pt]. The number of rotatable bonds is 9. The molecule has 0 unspecified atom stereocenters. The summed E-state index contributed by atoms with van der Waals surface area (Å²) in [5.41, 5.74) is 3.55. The summed E-state index contributed by atoms with van der Waals surface area (Å²) >= 11 is 0. The Balaban J connectivity index is 0.00000867. The number of benzene rings is 9. The van der Waals surface area contributed by atoms with Crippen LogP contribution in [0.25, 0.3) is 94.5 Å². The van der Waals surface area contributed by atoms with Gasteiger partial charge in [0.05, 0.1) is 30.4 Å². The Bertz CT molecular complexity index is 4910. The summed E-state index contributed by atoms with van der Waals surface area (Å²) in [5, 5.41) is 1.42. The molecule has 0 radical (unpaired) electrons. The van der Waals surface area contributed by atoms with Gasteiger partial charge in [0.25, 0.3) is 6.33 Å². The molecule has 5 nitrogen and oxygen atoms in total. The second-order valence-electron chi connectivity index (χ2n) is 18.3. The summed E-state index contributed by atoms with van der Waals surface area (Å²) in [4.78, 5) is 4.68. The van der Waals surface area contributed by atoms with Crippen LogP contribution >= 0.6 is 0 Å². The predicted molar refractivity (Wildman–Crippen MR) is 295 cm³/mol. The quantitative estimate of drug-likeness (QED) is 0.107. The van der Waals surface area contributed by atoms with E-state index in [1.807, 2.05) is 48.5 Å². The third-order valence-corrected chi connectivity index (χ3v) is 12.7. The van der Waals surface area contributed by atoms with E-state index < -0.39 is 81.0 Å². The molecule has 0 bridgehead atoms. The molecule has 73 heavy (non-hydrogen) atoms. The first-order chi connectivity index (χ1) is 42.8. The number of aromatic nitrogens is 4. The van der Waals surface area contributed by atoms with E-state index in [0.29, 0.717) is 44.4 Å². The fraction of sp³-hybridized carbons (Fsp3) is 0.104. The average molecular weight is 1140 g/mol. The zero-order valence-corrected chi connectivity index (χ0v) is 41.6. The van der Waals surface area contributed by atoms with Gasteiger partial charge in [-0.3, -0.25) is 4.57 Å². The molecule has 0 aliphatic heterocycles. The van der Waals surface area contributed by atoms with Crippen molar-refractivity contribution >= 4 is 32.8 Å². The van der Waals surface area contributed by atoms with Gasteiger partial charge in [0.2, 0.25) is 0 Å². The largest absolute Gasteiger partial charge is 0.510 e. The Morgan fingerprint density at radius 1 is 0.575 bits per heavy atom. The maximum Gasteiger partial charge on any atom is 0.268 e. The summed E-state index contributed by atoms with van der Waals surface area (Å²) in [5.74, 6) is 0.434. The Hall–Kier alpha value is -8.11. The van der Waals surface area contributed by atoms with Crippen LogP contribution in [0.2, 0.25) is 0 Å². The van der Waals surface area contributed by atoms with Gasteiger partial charge in [0, 0.05) is 62.2 Å². The van der Waals surface area contributed by atoms with E-state index in [0.717, 1.165) is 16.5 Å². The second kappa shape index (κ2) is 19.1. The van der Waals surface area contributed by atoms with Crippen LogP contribution in [0.15, 0.2) is 206 Å².